The number of aromatic nitrogens is 2. The lowest BCUT2D eigenvalue weighted by molar-refractivity contribution is -0.139. The fraction of sp³-hybridized carbons (Fsp3) is 0.375. The van der Waals surface area contributed by atoms with E-state index in [-0.39, 0.29) is 5.92 Å². The zero-order valence-electron chi connectivity index (χ0n) is 12.4. The first kappa shape index (κ1) is 15.6. The molecule has 2 N–H and O–H groups in total. The Bertz CT molecular complexity index is 702. The van der Waals surface area contributed by atoms with E-state index in [1.807, 2.05) is 12.1 Å². The molecular formula is C16H17N3O3S. The molecule has 3 rings (SSSR count). The van der Waals surface area contributed by atoms with Crippen molar-refractivity contribution in [3.8, 4) is 0 Å². The second-order valence-corrected chi connectivity index (χ2v) is 6.46. The van der Waals surface area contributed by atoms with Crippen molar-refractivity contribution in [2.75, 3.05) is 0 Å². The average Bonchev–Trinajstić information content (AvgIpc) is 3.09. The first-order chi connectivity index (χ1) is 11.1. The molecule has 7 heteroatoms. The van der Waals surface area contributed by atoms with Crippen molar-refractivity contribution in [3.63, 3.8) is 0 Å². The van der Waals surface area contributed by atoms with E-state index in [1.165, 1.54) is 17.3 Å². The Kier molecular flexibility index (Phi) is 4.66. The van der Waals surface area contributed by atoms with Crippen LogP contribution < -0.4 is 5.32 Å². The van der Waals surface area contributed by atoms with Gasteiger partial charge in [0.1, 0.15) is 10.9 Å². The Labute approximate surface area is 137 Å². The van der Waals surface area contributed by atoms with Crippen LogP contribution in [0.2, 0.25) is 0 Å². The summed E-state index contributed by atoms with van der Waals surface area (Å²) in [6.45, 7) is 0. The number of carboxylic acid groups (broad SMARTS) is 1. The van der Waals surface area contributed by atoms with Crippen LogP contribution in [0.25, 0.3) is 0 Å². The molecule has 1 amide bonds. The first-order valence-corrected chi connectivity index (χ1v) is 8.31. The van der Waals surface area contributed by atoms with E-state index < -0.39 is 17.9 Å². The van der Waals surface area contributed by atoms with E-state index in [0.717, 1.165) is 30.8 Å². The number of carbonyl (C=O) groups is 2. The number of carboxylic acids is 1. The molecule has 120 valence electrons. The quantitative estimate of drug-likeness (QED) is 0.876. The number of hydrogen-bond acceptors (Lipinski definition) is 5. The maximum atomic E-state index is 12.1. The second-order valence-electron chi connectivity index (χ2n) is 5.67. The maximum Gasteiger partial charge on any atom is 0.326 e. The molecule has 0 saturated heterocycles. The minimum Gasteiger partial charge on any atom is -0.480 e. The fourth-order valence-corrected chi connectivity index (χ4v) is 3.52. The van der Waals surface area contributed by atoms with Crippen LogP contribution in [0.15, 0.2) is 30.5 Å². The van der Waals surface area contributed by atoms with Crippen LogP contribution in [0, 0.1) is 0 Å². The molecule has 1 aliphatic carbocycles. The van der Waals surface area contributed by atoms with Gasteiger partial charge in [-0.2, -0.15) is 0 Å². The second kappa shape index (κ2) is 6.87. The van der Waals surface area contributed by atoms with Crippen molar-refractivity contribution in [3.05, 3.63) is 46.5 Å². The predicted octanol–water partition coefficient (Wildman–Crippen LogP) is 2.23. The highest BCUT2D eigenvalue weighted by molar-refractivity contribution is 7.07. The number of carbonyl (C=O) groups excluding carboxylic acids is 1. The van der Waals surface area contributed by atoms with Gasteiger partial charge in [-0.25, -0.2) is 4.79 Å². The zero-order valence-corrected chi connectivity index (χ0v) is 13.3. The van der Waals surface area contributed by atoms with Gasteiger partial charge in [-0.3, -0.25) is 4.79 Å². The van der Waals surface area contributed by atoms with Crippen LogP contribution in [0.1, 0.15) is 46.0 Å². The van der Waals surface area contributed by atoms with Crippen LogP contribution >= 0.6 is 11.5 Å². The first-order valence-electron chi connectivity index (χ1n) is 7.54. The van der Waals surface area contributed by atoms with Crippen LogP contribution in [0.5, 0.6) is 0 Å². The van der Waals surface area contributed by atoms with Crippen molar-refractivity contribution in [1.82, 2.24) is 14.9 Å². The van der Waals surface area contributed by atoms with E-state index >= 15 is 0 Å². The number of nitrogens with zero attached hydrogens (tertiary/aromatic N) is 2. The highest BCUT2D eigenvalue weighted by Gasteiger charge is 2.28. The van der Waals surface area contributed by atoms with Crippen molar-refractivity contribution >= 4 is 23.4 Å². The highest BCUT2D eigenvalue weighted by atomic mass is 32.1. The summed E-state index contributed by atoms with van der Waals surface area (Å²) in [6, 6.07) is 7.23. The topological polar surface area (TPSA) is 92.2 Å². The third kappa shape index (κ3) is 3.56. The summed E-state index contributed by atoms with van der Waals surface area (Å²) < 4.78 is 3.62. The molecule has 2 aromatic rings. The Morgan fingerprint density at radius 2 is 2.22 bits per heavy atom. The Balaban J connectivity index is 1.73. The van der Waals surface area contributed by atoms with Gasteiger partial charge >= 0.3 is 5.97 Å². The van der Waals surface area contributed by atoms with Gasteiger partial charge < -0.3 is 10.4 Å². The summed E-state index contributed by atoms with van der Waals surface area (Å²) in [5.74, 6) is -1.30. The molecule has 0 aliphatic heterocycles. The number of hydrogen-bond donors (Lipinski definition) is 2. The van der Waals surface area contributed by atoms with E-state index in [1.54, 1.807) is 0 Å². The van der Waals surface area contributed by atoms with Crippen molar-refractivity contribution in [2.45, 2.75) is 37.6 Å². The largest absolute Gasteiger partial charge is 0.480 e. The van der Waals surface area contributed by atoms with E-state index in [0.29, 0.717) is 11.3 Å². The molecule has 2 unspecified atom stereocenters. The van der Waals surface area contributed by atoms with Crippen LogP contribution in [0.3, 0.4) is 0 Å². The molecule has 2 atom stereocenters. The lowest BCUT2D eigenvalue weighted by Gasteiger charge is -2.27. The summed E-state index contributed by atoms with van der Waals surface area (Å²) in [7, 11) is 0. The van der Waals surface area contributed by atoms with Crippen molar-refractivity contribution in [2.24, 2.45) is 0 Å². The van der Waals surface area contributed by atoms with Gasteiger partial charge in [0.25, 0.3) is 5.91 Å². The van der Waals surface area contributed by atoms with Crippen molar-refractivity contribution < 1.29 is 14.7 Å². The average molecular weight is 331 g/mol. The molecule has 0 fully saturated rings. The smallest absolute Gasteiger partial charge is 0.326 e. The van der Waals surface area contributed by atoms with E-state index in [4.69, 9.17) is 0 Å². The maximum absolute atomic E-state index is 12.1. The summed E-state index contributed by atoms with van der Waals surface area (Å²) in [5.41, 5.74) is 2.49. The van der Waals surface area contributed by atoms with E-state index in [2.05, 4.69) is 27.0 Å². The summed E-state index contributed by atoms with van der Waals surface area (Å²) >= 11 is 0.953. The molecule has 1 aromatic carbocycles. The number of amides is 1. The van der Waals surface area contributed by atoms with Crippen LogP contribution in [0.4, 0.5) is 0 Å². The van der Waals surface area contributed by atoms with Gasteiger partial charge in [0.15, 0.2) is 0 Å². The third-order valence-corrected chi connectivity index (χ3v) is 4.87. The predicted molar refractivity (Wildman–Crippen MR) is 85.5 cm³/mol. The lowest BCUT2D eigenvalue weighted by atomic mass is 9.79. The number of rotatable bonds is 5. The number of benzene rings is 1. The standard InChI is InChI=1S/C16H17N3O3S/c20-15(14-9-17-19-23-14)18-13(16(21)22)8-11-6-3-5-10-4-1-2-7-12(10)11/h1-2,4,7,9,11,13H,3,5-6,8H2,(H,18,20)(H,21,22). The number of aryl methyl sites for hydroxylation is 1. The lowest BCUT2D eigenvalue weighted by Crippen LogP contribution is -2.41. The minimum atomic E-state index is -1.01. The van der Waals surface area contributed by atoms with Gasteiger partial charge in [-0.15, -0.1) is 5.10 Å². The molecular weight excluding hydrogens is 314 g/mol. The SMILES string of the molecule is O=C(NC(CC1CCCc2ccccc21)C(=O)O)c1cnns1. The van der Waals surface area contributed by atoms with Crippen molar-refractivity contribution in [1.29, 1.82) is 0 Å². The molecule has 0 saturated carbocycles. The molecule has 0 radical (unpaired) electrons. The molecule has 1 aliphatic rings. The Hall–Kier alpha value is -2.28. The minimum absolute atomic E-state index is 0.154. The Morgan fingerprint density at radius 3 is 2.96 bits per heavy atom. The van der Waals surface area contributed by atoms with Crippen LogP contribution in [-0.2, 0) is 11.2 Å². The molecule has 1 heterocycles. The number of fused-ring (bicyclic) bond motifs is 1. The fourth-order valence-electron chi connectivity index (χ4n) is 3.10. The molecule has 1 aromatic heterocycles. The van der Waals surface area contributed by atoms with Gasteiger partial charge in [-0.05, 0) is 54.3 Å². The molecule has 6 nitrogen and oxygen atoms in total. The van der Waals surface area contributed by atoms with Gasteiger partial charge in [-0.1, -0.05) is 28.8 Å². The number of nitrogens with one attached hydrogen (secondary N) is 1. The van der Waals surface area contributed by atoms with Gasteiger partial charge in [0, 0.05) is 0 Å². The van der Waals surface area contributed by atoms with E-state index in [9.17, 15) is 14.7 Å². The monoisotopic (exact) mass is 331 g/mol. The van der Waals surface area contributed by atoms with Gasteiger partial charge in [0.05, 0.1) is 6.20 Å². The molecule has 0 spiro atoms. The summed E-state index contributed by atoms with van der Waals surface area (Å²) in [6.07, 6.45) is 4.75. The van der Waals surface area contributed by atoms with Crippen LogP contribution in [-0.4, -0.2) is 32.6 Å². The zero-order chi connectivity index (χ0) is 16.2. The molecule has 23 heavy (non-hydrogen) atoms. The number of aliphatic carboxylic acids is 1. The van der Waals surface area contributed by atoms with Gasteiger partial charge in [0.2, 0.25) is 0 Å². The Morgan fingerprint density at radius 1 is 1.39 bits per heavy atom. The molecule has 0 bridgehead atoms. The summed E-state index contributed by atoms with van der Waals surface area (Å²) in [4.78, 5) is 23.9. The summed E-state index contributed by atoms with van der Waals surface area (Å²) in [5, 5.41) is 15.6. The third-order valence-electron chi connectivity index (χ3n) is 4.20. The normalized spacial score (nSPS) is 18.0. The highest BCUT2D eigenvalue weighted by Crippen LogP contribution is 2.34.